The molecular weight excluding hydrogens is 230 g/mol. The van der Waals surface area contributed by atoms with Crippen molar-refractivity contribution >= 4 is 11.8 Å². The number of nitrogens with two attached hydrogens (primary N) is 1. The Balaban J connectivity index is 1.57. The van der Waals surface area contributed by atoms with Gasteiger partial charge in [0.25, 0.3) is 0 Å². The van der Waals surface area contributed by atoms with Crippen LogP contribution in [0.4, 0.5) is 0 Å². The molecule has 1 aromatic heterocycles. The number of thioether (sulfide) groups is 1. The molecule has 0 spiro atoms. The lowest BCUT2D eigenvalue weighted by atomic mass is 10.1. The highest BCUT2D eigenvalue weighted by Gasteiger charge is 2.14. The Labute approximate surface area is 108 Å². The van der Waals surface area contributed by atoms with E-state index in [1.54, 1.807) is 0 Å². The number of rotatable bonds is 5. The summed E-state index contributed by atoms with van der Waals surface area (Å²) in [6.07, 6.45) is 4.18. The average molecular weight is 251 g/mol. The van der Waals surface area contributed by atoms with Gasteiger partial charge in [-0.05, 0) is 38.1 Å². The molecular formula is C13H21N3S. The van der Waals surface area contributed by atoms with Crippen LogP contribution in [0, 0.1) is 0 Å². The maximum atomic E-state index is 5.89. The van der Waals surface area contributed by atoms with Gasteiger partial charge >= 0.3 is 0 Å². The number of hydrogen-bond acceptors (Lipinski definition) is 4. The van der Waals surface area contributed by atoms with Gasteiger partial charge in [-0.2, -0.15) is 11.8 Å². The van der Waals surface area contributed by atoms with Crippen LogP contribution < -0.4 is 5.73 Å². The van der Waals surface area contributed by atoms with E-state index in [1.807, 2.05) is 24.0 Å². The third-order valence-corrected chi connectivity index (χ3v) is 4.13. The third-order valence-electron chi connectivity index (χ3n) is 3.16. The molecule has 0 unspecified atom stereocenters. The summed E-state index contributed by atoms with van der Waals surface area (Å²) in [6, 6.07) is 6.54. The Hall–Kier alpha value is -0.580. The van der Waals surface area contributed by atoms with Crippen molar-refractivity contribution in [1.29, 1.82) is 0 Å². The fourth-order valence-corrected chi connectivity index (χ4v) is 2.94. The van der Waals surface area contributed by atoms with E-state index >= 15 is 0 Å². The van der Waals surface area contributed by atoms with E-state index in [0.29, 0.717) is 6.04 Å². The molecule has 1 aromatic rings. The molecule has 0 aromatic carbocycles. The Morgan fingerprint density at radius 2 is 2.18 bits per heavy atom. The van der Waals surface area contributed by atoms with E-state index in [-0.39, 0.29) is 0 Å². The van der Waals surface area contributed by atoms with Crippen molar-refractivity contribution in [3.63, 3.8) is 0 Å². The van der Waals surface area contributed by atoms with Crippen LogP contribution in [0.5, 0.6) is 0 Å². The van der Waals surface area contributed by atoms with E-state index in [0.717, 1.165) is 18.6 Å². The molecule has 0 radical (unpaired) electrons. The standard InChI is InChI=1S/C13H21N3S/c14-12-4-7-16(8-5-12)9-10-17-11-13-3-1-2-6-15-13/h1-3,6,12H,4-5,7-11,14H2. The second-order valence-corrected chi connectivity index (χ2v) is 5.66. The summed E-state index contributed by atoms with van der Waals surface area (Å²) in [6.45, 7) is 3.53. The molecule has 94 valence electrons. The minimum atomic E-state index is 0.437. The Morgan fingerprint density at radius 1 is 1.35 bits per heavy atom. The number of piperidine rings is 1. The van der Waals surface area contributed by atoms with E-state index in [1.165, 1.54) is 31.1 Å². The van der Waals surface area contributed by atoms with Crippen molar-refractivity contribution in [2.24, 2.45) is 5.73 Å². The molecule has 2 heterocycles. The second-order valence-electron chi connectivity index (χ2n) is 4.55. The maximum Gasteiger partial charge on any atom is 0.0502 e. The summed E-state index contributed by atoms with van der Waals surface area (Å²) in [5.74, 6) is 2.21. The number of aromatic nitrogens is 1. The van der Waals surface area contributed by atoms with Crippen molar-refractivity contribution < 1.29 is 0 Å². The predicted molar refractivity (Wildman–Crippen MR) is 74.0 cm³/mol. The molecule has 1 aliphatic heterocycles. The lowest BCUT2D eigenvalue weighted by molar-refractivity contribution is 0.225. The van der Waals surface area contributed by atoms with Crippen LogP contribution in [0.1, 0.15) is 18.5 Å². The topological polar surface area (TPSA) is 42.1 Å². The van der Waals surface area contributed by atoms with Gasteiger partial charge in [0.05, 0.1) is 5.69 Å². The van der Waals surface area contributed by atoms with Crippen molar-refractivity contribution in [1.82, 2.24) is 9.88 Å². The molecule has 3 nitrogen and oxygen atoms in total. The SMILES string of the molecule is NC1CCN(CCSCc2ccccn2)CC1. The number of pyridine rings is 1. The summed E-state index contributed by atoms with van der Waals surface area (Å²) in [4.78, 5) is 6.84. The fraction of sp³-hybridized carbons (Fsp3) is 0.615. The predicted octanol–water partition coefficient (Wildman–Crippen LogP) is 1.74. The minimum absolute atomic E-state index is 0.437. The van der Waals surface area contributed by atoms with Gasteiger partial charge in [0.1, 0.15) is 0 Å². The maximum absolute atomic E-state index is 5.89. The van der Waals surface area contributed by atoms with Gasteiger partial charge in [-0.3, -0.25) is 4.98 Å². The van der Waals surface area contributed by atoms with Crippen LogP contribution in [0.25, 0.3) is 0 Å². The molecule has 1 fully saturated rings. The molecule has 17 heavy (non-hydrogen) atoms. The Bertz CT molecular complexity index is 310. The highest BCUT2D eigenvalue weighted by molar-refractivity contribution is 7.98. The number of likely N-dealkylation sites (tertiary alicyclic amines) is 1. The fourth-order valence-electron chi connectivity index (χ4n) is 2.03. The molecule has 1 saturated heterocycles. The summed E-state index contributed by atoms with van der Waals surface area (Å²) < 4.78 is 0. The zero-order chi connectivity index (χ0) is 11.9. The molecule has 0 atom stereocenters. The van der Waals surface area contributed by atoms with Gasteiger partial charge in [0, 0.05) is 30.3 Å². The number of nitrogens with zero attached hydrogens (tertiary/aromatic N) is 2. The zero-order valence-corrected chi connectivity index (χ0v) is 11.0. The zero-order valence-electron chi connectivity index (χ0n) is 10.2. The summed E-state index contributed by atoms with van der Waals surface area (Å²) in [7, 11) is 0. The van der Waals surface area contributed by atoms with Crippen LogP contribution in [0.3, 0.4) is 0 Å². The van der Waals surface area contributed by atoms with Crippen LogP contribution in [0.15, 0.2) is 24.4 Å². The molecule has 0 amide bonds. The monoisotopic (exact) mass is 251 g/mol. The van der Waals surface area contributed by atoms with Crippen molar-refractivity contribution in [3.8, 4) is 0 Å². The van der Waals surface area contributed by atoms with E-state index in [2.05, 4.69) is 22.0 Å². The van der Waals surface area contributed by atoms with Gasteiger partial charge in [0.2, 0.25) is 0 Å². The Morgan fingerprint density at radius 3 is 2.88 bits per heavy atom. The van der Waals surface area contributed by atoms with E-state index in [9.17, 15) is 0 Å². The highest BCUT2D eigenvalue weighted by Crippen LogP contribution is 2.12. The summed E-state index contributed by atoms with van der Waals surface area (Å²) in [5.41, 5.74) is 7.07. The van der Waals surface area contributed by atoms with Gasteiger partial charge in [-0.1, -0.05) is 6.07 Å². The first-order valence-corrected chi connectivity index (χ1v) is 7.45. The molecule has 0 saturated carbocycles. The quantitative estimate of drug-likeness (QED) is 0.809. The van der Waals surface area contributed by atoms with Gasteiger partial charge < -0.3 is 10.6 Å². The summed E-state index contributed by atoms with van der Waals surface area (Å²) in [5, 5.41) is 0. The minimum Gasteiger partial charge on any atom is -0.328 e. The van der Waals surface area contributed by atoms with Gasteiger partial charge in [-0.25, -0.2) is 0 Å². The lowest BCUT2D eigenvalue weighted by Crippen LogP contribution is -2.40. The second kappa shape index (κ2) is 6.99. The average Bonchev–Trinajstić information content (AvgIpc) is 2.38. The summed E-state index contributed by atoms with van der Waals surface area (Å²) >= 11 is 1.97. The molecule has 2 rings (SSSR count). The van der Waals surface area contributed by atoms with E-state index < -0.39 is 0 Å². The van der Waals surface area contributed by atoms with Crippen LogP contribution in [0.2, 0.25) is 0 Å². The first kappa shape index (κ1) is 12.9. The largest absolute Gasteiger partial charge is 0.328 e. The smallest absolute Gasteiger partial charge is 0.0502 e. The Kier molecular flexibility index (Phi) is 5.29. The van der Waals surface area contributed by atoms with Crippen molar-refractivity contribution in [2.75, 3.05) is 25.4 Å². The first-order valence-electron chi connectivity index (χ1n) is 6.30. The molecule has 0 aliphatic carbocycles. The van der Waals surface area contributed by atoms with E-state index in [4.69, 9.17) is 5.73 Å². The van der Waals surface area contributed by atoms with Crippen LogP contribution in [-0.2, 0) is 5.75 Å². The highest BCUT2D eigenvalue weighted by atomic mass is 32.2. The molecule has 1 aliphatic rings. The third kappa shape index (κ3) is 4.66. The van der Waals surface area contributed by atoms with Crippen LogP contribution >= 0.6 is 11.8 Å². The van der Waals surface area contributed by atoms with Crippen molar-refractivity contribution in [3.05, 3.63) is 30.1 Å². The van der Waals surface area contributed by atoms with Crippen LogP contribution in [-0.4, -0.2) is 41.3 Å². The molecule has 4 heteroatoms. The number of hydrogen-bond donors (Lipinski definition) is 1. The molecule has 0 bridgehead atoms. The first-order chi connectivity index (χ1) is 8.34. The van der Waals surface area contributed by atoms with Gasteiger partial charge in [0.15, 0.2) is 0 Å². The molecule has 2 N–H and O–H groups in total. The lowest BCUT2D eigenvalue weighted by Gasteiger charge is -2.29. The van der Waals surface area contributed by atoms with Gasteiger partial charge in [-0.15, -0.1) is 0 Å². The normalized spacial score (nSPS) is 18.4. The van der Waals surface area contributed by atoms with Crippen molar-refractivity contribution in [2.45, 2.75) is 24.6 Å².